The Morgan fingerprint density at radius 1 is 1.00 bits per heavy atom. The summed E-state index contributed by atoms with van der Waals surface area (Å²) in [5.41, 5.74) is 7.15. The number of nitrogens with two attached hydrogens (primary N) is 1. The standard InChI is InChI=1S/C20H30N2O6/c1-12(2)17(21)18(24)27-19(13(3)4)28-20(25)22(6)16-9-7-15(8-10-16)11-26-14(5)23/h7-10,12-13,17,19H,11,21H2,1-6H3. The van der Waals surface area contributed by atoms with Gasteiger partial charge in [0.05, 0.1) is 0 Å². The Labute approximate surface area is 165 Å². The molecule has 0 bridgehead atoms. The molecule has 8 heteroatoms. The third-order valence-electron chi connectivity index (χ3n) is 4.02. The van der Waals surface area contributed by atoms with Crippen molar-refractivity contribution in [3.05, 3.63) is 29.8 Å². The molecule has 1 rings (SSSR count). The molecule has 0 heterocycles. The fourth-order valence-electron chi connectivity index (χ4n) is 2.05. The van der Waals surface area contributed by atoms with Crippen LogP contribution >= 0.6 is 0 Å². The van der Waals surface area contributed by atoms with Gasteiger partial charge in [0.15, 0.2) is 0 Å². The van der Waals surface area contributed by atoms with Crippen molar-refractivity contribution in [1.82, 2.24) is 0 Å². The van der Waals surface area contributed by atoms with Crippen molar-refractivity contribution in [2.75, 3.05) is 11.9 Å². The molecule has 1 amide bonds. The predicted molar refractivity (Wildman–Crippen MR) is 104 cm³/mol. The fraction of sp³-hybridized carbons (Fsp3) is 0.550. The van der Waals surface area contributed by atoms with Crippen LogP contribution in [0.4, 0.5) is 10.5 Å². The second-order valence-corrected chi connectivity index (χ2v) is 7.21. The molecule has 28 heavy (non-hydrogen) atoms. The van der Waals surface area contributed by atoms with Gasteiger partial charge in [0.1, 0.15) is 12.6 Å². The first-order valence-electron chi connectivity index (χ1n) is 9.15. The second-order valence-electron chi connectivity index (χ2n) is 7.21. The van der Waals surface area contributed by atoms with Crippen LogP contribution in [0.1, 0.15) is 40.2 Å². The van der Waals surface area contributed by atoms with Crippen molar-refractivity contribution in [3.8, 4) is 0 Å². The van der Waals surface area contributed by atoms with Crippen LogP contribution in [0.3, 0.4) is 0 Å². The first-order chi connectivity index (χ1) is 13.0. The number of benzene rings is 1. The zero-order chi connectivity index (χ0) is 21.4. The minimum absolute atomic E-state index is 0.0933. The minimum atomic E-state index is -1.05. The van der Waals surface area contributed by atoms with Crippen LogP contribution in [-0.4, -0.2) is 37.4 Å². The van der Waals surface area contributed by atoms with E-state index in [1.165, 1.54) is 11.8 Å². The van der Waals surface area contributed by atoms with Gasteiger partial charge in [-0.15, -0.1) is 0 Å². The van der Waals surface area contributed by atoms with Gasteiger partial charge in [0.25, 0.3) is 6.29 Å². The summed E-state index contributed by atoms with van der Waals surface area (Å²) >= 11 is 0. The summed E-state index contributed by atoms with van der Waals surface area (Å²) in [6.45, 7) is 8.66. The molecule has 0 spiro atoms. The Morgan fingerprint density at radius 3 is 2.04 bits per heavy atom. The molecule has 156 valence electrons. The fourth-order valence-corrected chi connectivity index (χ4v) is 2.05. The van der Waals surface area contributed by atoms with Crippen LogP contribution in [0, 0.1) is 11.8 Å². The van der Waals surface area contributed by atoms with E-state index in [-0.39, 0.29) is 24.4 Å². The van der Waals surface area contributed by atoms with E-state index in [0.717, 1.165) is 5.56 Å². The third kappa shape index (κ3) is 7.19. The monoisotopic (exact) mass is 394 g/mol. The zero-order valence-corrected chi connectivity index (χ0v) is 17.3. The van der Waals surface area contributed by atoms with Gasteiger partial charge in [-0.2, -0.15) is 0 Å². The molecule has 2 unspecified atom stereocenters. The van der Waals surface area contributed by atoms with Gasteiger partial charge in [-0.3, -0.25) is 14.5 Å². The summed E-state index contributed by atoms with van der Waals surface area (Å²) in [4.78, 5) is 36.7. The number of amides is 1. The normalized spacial score (nSPS) is 13.0. The number of carbonyl (C=O) groups excluding carboxylic acids is 3. The van der Waals surface area contributed by atoms with E-state index >= 15 is 0 Å². The highest BCUT2D eigenvalue weighted by Crippen LogP contribution is 2.18. The second kappa shape index (κ2) is 10.7. The van der Waals surface area contributed by atoms with Gasteiger partial charge >= 0.3 is 18.0 Å². The molecule has 0 aliphatic rings. The molecule has 0 saturated heterocycles. The number of nitrogens with zero attached hydrogens (tertiary/aromatic N) is 1. The predicted octanol–water partition coefficient (Wildman–Crippen LogP) is 2.83. The van der Waals surface area contributed by atoms with Crippen molar-refractivity contribution >= 4 is 23.7 Å². The molecule has 1 aromatic carbocycles. The highest BCUT2D eigenvalue weighted by Gasteiger charge is 2.28. The summed E-state index contributed by atoms with van der Waals surface area (Å²) < 4.78 is 15.6. The summed E-state index contributed by atoms with van der Waals surface area (Å²) in [6.07, 6.45) is -1.71. The molecule has 0 saturated carbocycles. The summed E-state index contributed by atoms with van der Waals surface area (Å²) in [7, 11) is 1.54. The minimum Gasteiger partial charge on any atom is -0.461 e. The Balaban J connectivity index is 2.74. The smallest absolute Gasteiger partial charge is 0.417 e. The van der Waals surface area contributed by atoms with E-state index in [4.69, 9.17) is 19.9 Å². The van der Waals surface area contributed by atoms with Crippen LogP contribution in [-0.2, 0) is 30.4 Å². The van der Waals surface area contributed by atoms with E-state index in [1.54, 1.807) is 59.0 Å². The Kier molecular flexibility index (Phi) is 8.91. The number of hydrogen-bond acceptors (Lipinski definition) is 7. The Bertz CT molecular complexity index is 672. The van der Waals surface area contributed by atoms with Crippen molar-refractivity contribution in [3.63, 3.8) is 0 Å². The van der Waals surface area contributed by atoms with Crippen LogP contribution in [0.15, 0.2) is 24.3 Å². The average molecular weight is 394 g/mol. The Morgan fingerprint density at radius 2 is 1.57 bits per heavy atom. The lowest BCUT2D eigenvalue weighted by Crippen LogP contribution is -2.42. The summed E-state index contributed by atoms with van der Waals surface area (Å²) in [5, 5.41) is 0. The van der Waals surface area contributed by atoms with Gasteiger partial charge in [-0.1, -0.05) is 39.8 Å². The van der Waals surface area contributed by atoms with Crippen molar-refractivity contribution < 1.29 is 28.6 Å². The first kappa shape index (κ1) is 23.4. The van der Waals surface area contributed by atoms with Crippen LogP contribution < -0.4 is 10.6 Å². The van der Waals surface area contributed by atoms with Crippen molar-refractivity contribution in [2.24, 2.45) is 17.6 Å². The van der Waals surface area contributed by atoms with E-state index in [1.807, 2.05) is 0 Å². The molecule has 2 atom stereocenters. The van der Waals surface area contributed by atoms with E-state index in [9.17, 15) is 14.4 Å². The molecule has 0 aliphatic heterocycles. The maximum Gasteiger partial charge on any atom is 0.417 e. The molecule has 1 aromatic rings. The molecule has 2 N–H and O–H groups in total. The third-order valence-corrected chi connectivity index (χ3v) is 4.02. The van der Waals surface area contributed by atoms with Gasteiger partial charge in [-0.05, 0) is 23.6 Å². The van der Waals surface area contributed by atoms with Gasteiger partial charge in [-0.25, -0.2) is 4.79 Å². The van der Waals surface area contributed by atoms with Crippen LogP contribution in [0.25, 0.3) is 0 Å². The number of hydrogen-bond donors (Lipinski definition) is 1. The molecular weight excluding hydrogens is 364 g/mol. The lowest BCUT2D eigenvalue weighted by atomic mass is 10.1. The maximum atomic E-state index is 12.5. The maximum absolute atomic E-state index is 12.5. The lowest BCUT2D eigenvalue weighted by molar-refractivity contribution is -0.177. The van der Waals surface area contributed by atoms with Gasteiger partial charge in [0, 0.05) is 25.6 Å². The molecule has 8 nitrogen and oxygen atoms in total. The molecule has 0 aromatic heterocycles. The lowest BCUT2D eigenvalue weighted by Gasteiger charge is -2.26. The number of anilines is 1. The number of ether oxygens (including phenoxy) is 3. The van der Waals surface area contributed by atoms with Gasteiger partial charge in [0.2, 0.25) is 0 Å². The number of carbonyl (C=O) groups is 3. The van der Waals surface area contributed by atoms with Crippen molar-refractivity contribution in [2.45, 2.75) is 53.6 Å². The summed E-state index contributed by atoms with van der Waals surface area (Å²) in [5.74, 6) is -1.31. The van der Waals surface area contributed by atoms with E-state index < -0.39 is 24.4 Å². The zero-order valence-electron chi connectivity index (χ0n) is 17.3. The molecule has 0 fully saturated rings. The highest BCUT2D eigenvalue weighted by atomic mass is 16.7. The van der Waals surface area contributed by atoms with Crippen molar-refractivity contribution in [1.29, 1.82) is 0 Å². The van der Waals surface area contributed by atoms with Crippen LogP contribution in [0.5, 0.6) is 0 Å². The van der Waals surface area contributed by atoms with E-state index in [2.05, 4.69) is 0 Å². The molecular formula is C20H30N2O6. The number of rotatable bonds is 8. The van der Waals surface area contributed by atoms with E-state index in [0.29, 0.717) is 5.69 Å². The largest absolute Gasteiger partial charge is 0.461 e. The quantitative estimate of drug-likeness (QED) is 0.533. The van der Waals surface area contributed by atoms with Gasteiger partial charge < -0.3 is 19.9 Å². The molecule has 0 aliphatic carbocycles. The number of esters is 2. The average Bonchev–Trinajstić information content (AvgIpc) is 2.64. The topological polar surface area (TPSA) is 108 Å². The Hall–Kier alpha value is -2.61. The molecule has 0 radical (unpaired) electrons. The first-order valence-corrected chi connectivity index (χ1v) is 9.15. The highest BCUT2D eigenvalue weighted by molar-refractivity contribution is 5.87. The SMILES string of the molecule is CC(=O)OCc1ccc(N(C)C(=O)OC(OC(=O)C(N)C(C)C)C(C)C)cc1. The van der Waals surface area contributed by atoms with Crippen LogP contribution in [0.2, 0.25) is 0 Å². The summed E-state index contributed by atoms with van der Waals surface area (Å²) in [6, 6.07) is 6.09.